The summed E-state index contributed by atoms with van der Waals surface area (Å²) in [4.78, 5) is 4.42. The van der Waals surface area contributed by atoms with Crippen molar-refractivity contribution in [3.8, 4) is 5.75 Å². The minimum atomic E-state index is -3.16. The second kappa shape index (κ2) is 7.83. The molecule has 0 aliphatic heterocycles. The van der Waals surface area contributed by atoms with Gasteiger partial charge in [-0.3, -0.25) is 0 Å². The summed E-state index contributed by atoms with van der Waals surface area (Å²) < 4.78 is 28.0. The summed E-state index contributed by atoms with van der Waals surface area (Å²) >= 11 is 0. The fourth-order valence-corrected chi connectivity index (χ4v) is 2.23. The third kappa shape index (κ3) is 6.51. The van der Waals surface area contributed by atoms with Gasteiger partial charge in [-0.2, -0.15) is 0 Å². The Bertz CT molecular complexity index is 583. The minimum Gasteiger partial charge on any atom is -0.492 e. The first kappa shape index (κ1) is 18.0. The van der Waals surface area contributed by atoms with E-state index in [1.807, 2.05) is 0 Å². The highest BCUT2D eigenvalue weighted by Crippen LogP contribution is 2.18. The summed E-state index contributed by atoms with van der Waals surface area (Å²) in [5.41, 5.74) is 5.68. The van der Waals surface area contributed by atoms with Gasteiger partial charge in [-0.05, 0) is 37.1 Å². The quantitative estimate of drug-likeness (QED) is 0.309. The Kier molecular flexibility index (Phi) is 6.72. The maximum absolute atomic E-state index is 11.3. The summed E-state index contributed by atoms with van der Waals surface area (Å²) in [6.07, 6.45) is 3.48. The summed E-state index contributed by atoms with van der Waals surface area (Å²) in [5, 5.41) is 3.08. The first-order chi connectivity index (χ1) is 9.45. The number of hydrogen-bond donors (Lipinski definition) is 2. The minimum absolute atomic E-state index is 0. The van der Waals surface area contributed by atoms with Gasteiger partial charge in [-0.15, -0.1) is 24.0 Å². The molecule has 1 aromatic rings. The van der Waals surface area contributed by atoms with Crippen molar-refractivity contribution in [2.24, 2.45) is 10.7 Å². The molecule has 0 saturated heterocycles. The molecule has 1 aliphatic rings. The van der Waals surface area contributed by atoms with Crippen LogP contribution in [0.3, 0.4) is 0 Å². The number of halogens is 1. The molecule has 118 valence electrons. The third-order valence-electron chi connectivity index (χ3n) is 2.82. The van der Waals surface area contributed by atoms with Gasteiger partial charge in [-0.25, -0.2) is 13.4 Å². The van der Waals surface area contributed by atoms with Crippen LogP contribution in [0.15, 0.2) is 34.2 Å². The Morgan fingerprint density at radius 3 is 2.52 bits per heavy atom. The van der Waals surface area contributed by atoms with E-state index >= 15 is 0 Å². The van der Waals surface area contributed by atoms with Crippen LogP contribution in [0.2, 0.25) is 0 Å². The molecular formula is C13H20IN3O3S. The number of sulfone groups is 1. The van der Waals surface area contributed by atoms with Crippen molar-refractivity contribution in [3.05, 3.63) is 24.3 Å². The van der Waals surface area contributed by atoms with E-state index in [9.17, 15) is 8.42 Å². The summed E-state index contributed by atoms with van der Waals surface area (Å²) in [6, 6.07) is 6.80. The molecule has 0 spiro atoms. The molecule has 6 nitrogen and oxygen atoms in total. The zero-order valence-electron chi connectivity index (χ0n) is 11.8. The molecule has 1 fully saturated rings. The molecule has 0 unspecified atom stereocenters. The molecule has 0 amide bonds. The highest BCUT2D eigenvalue weighted by Gasteiger charge is 2.21. The first-order valence-electron chi connectivity index (χ1n) is 6.44. The first-order valence-corrected chi connectivity index (χ1v) is 8.33. The zero-order valence-corrected chi connectivity index (χ0v) is 14.9. The third-order valence-corrected chi connectivity index (χ3v) is 3.95. The monoisotopic (exact) mass is 425 g/mol. The molecule has 1 aromatic carbocycles. The van der Waals surface area contributed by atoms with Crippen molar-refractivity contribution in [2.45, 2.75) is 23.8 Å². The van der Waals surface area contributed by atoms with E-state index in [0.717, 1.165) is 12.8 Å². The number of nitrogens with zero attached hydrogens (tertiary/aromatic N) is 1. The van der Waals surface area contributed by atoms with Crippen LogP contribution >= 0.6 is 24.0 Å². The van der Waals surface area contributed by atoms with E-state index in [4.69, 9.17) is 10.5 Å². The number of hydrogen-bond acceptors (Lipinski definition) is 4. The van der Waals surface area contributed by atoms with Crippen molar-refractivity contribution in [1.82, 2.24) is 5.32 Å². The Balaban J connectivity index is 0.00000220. The van der Waals surface area contributed by atoms with E-state index < -0.39 is 9.84 Å². The molecule has 0 heterocycles. The van der Waals surface area contributed by atoms with Gasteiger partial charge < -0.3 is 15.8 Å². The van der Waals surface area contributed by atoms with Crippen LogP contribution in [0.25, 0.3) is 0 Å². The second-order valence-electron chi connectivity index (χ2n) is 4.78. The Morgan fingerprint density at radius 1 is 1.38 bits per heavy atom. The van der Waals surface area contributed by atoms with Crippen LogP contribution in [-0.2, 0) is 9.84 Å². The van der Waals surface area contributed by atoms with Gasteiger partial charge in [0.25, 0.3) is 0 Å². The van der Waals surface area contributed by atoms with Gasteiger partial charge >= 0.3 is 0 Å². The molecule has 2 rings (SSSR count). The van der Waals surface area contributed by atoms with Crippen LogP contribution in [0.1, 0.15) is 12.8 Å². The molecule has 8 heteroatoms. The lowest BCUT2D eigenvalue weighted by Crippen LogP contribution is -2.33. The van der Waals surface area contributed by atoms with Gasteiger partial charge in [0.1, 0.15) is 12.4 Å². The molecular weight excluding hydrogens is 405 g/mol. The molecule has 1 saturated carbocycles. The fraction of sp³-hybridized carbons (Fsp3) is 0.462. The number of nitrogens with two attached hydrogens (primary N) is 1. The van der Waals surface area contributed by atoms with Gasteiger partial charge in [0.15, 0.2) is 15.8 Å². The lowest BCUT2D eigenvalue weighted by atomic mass is 10.3. The van der Waals surface area contributed by atoms with Crippen molar-refractivity contribution >= 4 is 39.8 Å². The van der Waals surface area contributed by atoms with Crippen LogP contribution < -0.4 is 15.8 Å². The molecule has 3 N–H and O–H groups in total. The van der Waals surface area contributed by atoms with Crippen molar-refractivity contribution in [2.75, 3.05) is 19.4 Å². The van der Waals surface area contributed by atoms with Crippen molar-refractivity contribution in [3.63, 3.8) is 0 Å². The van der Waals surface area contributed by atoms with Gasteiger partial charge in [0.05, 0.1) is 11.4 Å². The van der Waals surface area contributed by atoms with E-state index in [-0.39, 0.29) is 28.9 Å². The molecule has 1 aliphatic carbocycles. The van der Waals surface area contributed by atoms with Crippen LogP contribution in [0.5, 0.6) is 5.75 Å². The molecule has 0 atom stereocenters. The Labute approximate surface area is 142 Å². The lowest BCUT2D eigenvalue weighted by molar-refractivity contribution is 0.328. The van der Waals surface area contributed by atoms with Crippen LogP contribution in [-0.4, -0.2) is 39.8 Å². The van der Waals surface area contributed by atoms with Gasteiger partial charge in [0, 0.05) is 12.3 Å². The largest absolute Gasteiger partial charge is 0.492 e. The van der Waals surface area contributed by atoms with Gasteiger partial charge in [0.2, 0.25) is 0 Å². The topological polar surface area (TPSA) is 93.8 Å². The number of nitrogens with one attached hydrogen (secondary N) is 1. The van der Waals surface area contributed by atoms with Crippen molar-refractivity contribution < 1.29 is 13.2 Å². The molecule has 21 heavy (non-hydrogen) atoms. The standard InChI is InChI=1S/C13H19N3O3S.HI/c1-20(17,18)12-6-4-11(5-7-12)19-9-8-15-13(14)16-10-2-3-10;/h4-7,10H,2-3,8-9H2,1H3,(H3,14,15,16);1H. The second-order valence-corrected chi connectivity index (χ2v) is 6.79. The van der Waals surface area contributed by atoms with Crippen LogP contribution in [0, 0.1) is 0 Å². The maximum atomic E-state index is 11.3. The van der Waals surface area contributed by atoms with E-state index in [0.29, 0.717) is 30.9 Å². The number of guanidine groups is 1. The normalized spacial score (nSPS) is 15.2. The number of aliphatic imine (C=N–C) groups is 1. The highest BCUT2D eigenvalue weighted by atomic mass is 127. The summed E-state index contributed by atoms with van der Waals surface area (Å²) in [5.74, 6) is 1.06. The van der Waals surface area contributed by atoms with Crippen molar-refractivity contribution in [1.29, 1.82) is 0 Å². The predicted molar refractivity (Wildman–Crippen MR) is 93.1 cm³/mol. The number of rotatable bonds is 6. The van der Waals surface area contributed by atoms with E-state index in [1.165, 1.54) is 18.4 Å². The van der Waals surface area contributed by atoms with Gasteiger partial charge in [-0.1, -0.05) is 0 Å². The van der Waals surface area contributed by atoms with Crippen LogP contribution in [0.4, 0.5) is 0 Å². The fourth-order valence-electron chi connectivity index (χ4n) is 1.60. The Morgan fingerprint density at radius 2 is 2.00 bits per heavy atom. The SMILES string of the molecule is CS(=O)(=O)c1ccc(OCCN=C(N)NC2CC2)cc1.I. The van der Waals surface area contributed by atoms with E-state index in [2.05, 4.69) is 10.3 Å². The smallest absolute Gasteiger partial charge is 0.188 e. The highest BCUT2D eigenvalue weighted by molar-refractivity contribution is 14.0. The molecule has 0 radical (unpaired) electrons. The average Bonchev–Trinajstić information content (AvgIpc) is 3.18. The average molecular weight is 425 g/mol. The number of benzene rings is 1. The summed E-state index contributed by atoms with van der Waals surface area (Å²) in [7, 11) is -3.16. The van der Waals surface area contributed by atoms with E-state index in [1.54, 1.807) is 12.1 Å². The Hall–Kier alpha value is -1.03. The lowest BCUT2D eigenvalue weighted by Gasteiger charge is -2.06. The molecule has 0 bridgehead atoms. The molecule has 0 aromatic heterocycles. The summed E-state index contributed by atoms with van der Waals surface area (Å²) in [6.45, 7) is 0.852. The predicted octanol–water partition coefficient (Wildman–Crippen LogP) is 1.15. The zero-order chi connectivity index (χ0) is 14.6. The number of ether oxygens (including phenoxy) is 1. The maximum Gasteiger partial charge on any atom is 0.188 e.